The van der Waals surface area contributed by atoms with Crippen LogP contribution in [0.2, 0.25) is 0 Å². The average Bonchev–Trinajstić information content (AvgIpc) is 2.12. The minimum Gasteiger partial charge on any atom is -0.492 e. The molecule has 0 N–H and O–H groups in total. The average molecular weight is 180 g/mol. The Labute approximate surface area is 75.3 Å². The number of hydrogen-bond acceptors (Lipinski definition) is 2. The minimum absolute atomic E-state index is 0.0289. The Kier molecular flexibility index (Phi) is 1.79. The number of rotatable bonds is 0. The number of halogens is 1. The van der Waals surface area contributed by atoms with E-state index in [9.17, 15) is 9.18 Å². The molecule has 1 atom stereocenters. The molecule has 68 valence electrons. The van der Waals surface area contributed by atoms with Crippen molar-refractivity contribution >= 4 is 5.78 Å². The number of carbonyl (C=O) groups excluding carboxylic acids is 1. The first-order valence-corrected chi connectivity index (χ1v) is 4.15. The molecule has 0 saturated heterocycles. The number of carbonyl (C=O) groups is 1. The molecule has 1 aliphatic heterocycles. The fourth-order valence-corrected chi connectivity index (χ4v) is 1.38. The Morgan fingerprint density at radius 3 is 3.08 bits per heavy atom. The van der Waals surface area contributed by atoms with E-state index in [1.807, 2.05) is 0 Å². The van der Waals surface area contributed by atoms with Crippen LogP contribution in [0.5, 0.6) is 5.75 Å². The van der Waals surface area contributed by atoms with Crippen LogP contribution in [-0.2, 0) is 0 Å². The van der Waals surface area contributed by atoms with E-state index < -0.39 is 0 Å². The van der Waals surface area contributed by atoms with Gasteiger partial charge in [0.15, 0.2) is 5.78 Å². The molecule has 0 spiro atoms. The quantitative estimate of drug-likeness (QED) is 0.610. The molecular weight excluding hydrogens is 171 g/mol. The summed E-state index contributed by atoms with van der Waals surface area (Å²) in [5, 5.41) is 0. The summed E-state index contributed by atoms with van der Waals surface area (Å²) in [5.74, 6) is -0.108. The van der Waals surface area contributed by atoms with Gasteiger partial charge in [-0.25, -0.2) is 4.39 Å². The predicted molar refractivity (Wildman–Crippen MR) is 45.4 cm³/mol. The number of benzene rings is 1. The standard InChI is InChI=1S/C10H9FO2/c1-6-5-13-9-4-7(11)2-3-8(9)10(6)12/h2-4,6H,5H2,1H3. The molecule has 1 aromatic rings. The maximum Gasteiger partial charge on any atom is 0.172 e. The Morgan fingerprint density at radius 2 is 2.31 bits per heavy atom. The second-order valence-electron chi connectivity index (χ2n) is 3.22. The summed E-state index contributed by atoms with van der Waals surface area (Å²) < 4.78 is 18.0. The Balaban J connectivity index is 2.50. The Morgan fingerprint density at radius 1 is 1.54 bits per heavy atom. The lowest BCUT2D eigenvalue weighted by atomic mass is 9.97. The van der Waals surface area contributed by atoms with Crippen LogP contribution in [0.3, 0.4) is 0 Å². The van der Waals surface area contributed by atoms with Crippen LogP contribution in [0.15, 0.2) is 18.2 Å². The monoisotopic (exact) mass is 180 g/mol. The van der Waals surface area contributed by atoms with Crippen molar-refractivity contribution in [3.05, 3.63) is 29.6 Å². The molecular formula is C10H9FO2. The van der Waals surface area contributed by atoms with Gasteiger partial charge >= 0.3 is 0 Å². The fourth-order valence-electron chi connectivity index (χ4n) is 1.38. The van der Waals surface area contributed by atoms with Gasteiger partial charge in [0.2, 0.25) is 0 Å². The van der Waals surface area contributed by atoms with E-state index in [1.165, 1.54) is 18.2 Å². The maximum atomic E-state index is 12.7. The highest BCUT2D eigenvalue weighted by Gasteiger charge is 2.25. The van der Waals surface area contributed by atoms with Crippen molar-refractivity contribution in [1.82, 2.24) is 0 Å². The third-order valence-corrected chi connectivity index (χ3v) is 2.15. The zero-order valence-corrected chi connectivity index (χ0v) is 7.21. The van der Waals surface area contributed by atoms with E-state index in [0.717, 1.165) is 0 Å². The highest BCUT2D eigenvalue weighted by Crippen LogP contribution is 2.27. The number of hydrogen-bond donors (Lipinski definition) is 0. The summed E-state index contributed by atoms with van der Waals surface area (Å²) in [4.78, 5) is 11.5. The van der Waals surface area contributed by atoms with Crippen LogP contribution in [0.25, 0.3) is 0 Å². The summed E-state index contributed by atoms with van der Waals surface area (Å²) in [5.41, 5.74) is 0.486. The van der Waals surface area contributed by atoms with Gasteiger partial charge in [-0.05, 0) is 12.1 Å². The molecule has 0 radical (unpaired) electrons. The first-order valence-electron chi connectivity index (χ1n) is 4.15. The first kappa shape index (κ1) is 8.23. The number of ketones is 1. The largest absolute Gasteiger partial charge is 0.492 e. The maximum absolute atomic E-state index is 12.7. The molecule has 1 aromatic carbocycles. The molecule has 0 amide bonds. The lowest BCUT2D eigenvalue weighted by Gasteiger charge is -2.20. The number of Topliss-reactive ketones (excluding diaryl/α,β-unsaturated/α-hetero) is 1. The van der Waals surface area contributed by atoms with Crippen LogP contribution in [0.4, 0.5) is 4.39 Å². The van der Waals surface area contributed by atoms with Crippen molar-refractivity contribution in [2.45, 2.75) is 6.92 Å². The number of ether oxygens (including phenoxy) is 1. The van der Waals surface area contributed by atoms with Crippen molar-refractivity contribution in [2.24, 2.45) is 5.92 Å². The fraction of sp³-hybridized carbons (Fsp3) is 0.300. The van der Waals surface area contributed by atoms with Gasteiger partial charge in [-0.15, -0.1) is 0 Å². The second kappa shape index (κ2) is 2.83. The molecule has 2 nitrogen and oxygen atoms in total. The van der Waals surface area contributed by atoms with Crippen molar-refractivity contribution in [2.75, 3.05) is 6.61 Å². The van der Waals surface area contributed by atoms with E-state index in [4.69, 9.17) is 4.74 Å². The van der Waals surface area contributed by atoms with Gasteiger partial charge in [0.25, 0.3) is 0 Å². The Bertz CT molecular complexity index is 360. The molecule has 0 fully saturated rings. The van der Waals surface area contributed by atoms with Crippen LogP contribution >= 0.6 is 0 Å². The van der Waals surface area contributed by atoms with Gasteiger partial charge in [0, 0.05) is 6.07 Å². The zero-order valence-electron chi connectivity index (χ0n) is 7.21. The van der Waals surface area contributed by atoms with Crippen molar-refractivity contribution in [1.29, 1.82) is 0 Å². The molecule has 13 heavy (non-hydrogen) atoms. The molecule has 1 aliphatic rings. The summed E-state index contributed by atoms with van der Waals surface area (Å²) in [7, 11) is 0. The molecule has 2 rings (SSSR count). The van der Waals surface area contributed by atoms with Crippen LogP contribution in [0, 0.1) is 11.7 Å². The summed E-state index contributed by atoms with van der Waals surface area (Å²) in [6.45, 7) is 2.14. The van der Waals surface area contributed by atoms with Crippen molar-refractivity contribution in [3.8, 4) is 5.75 Å². The molecule has 3 heteroatoms. The summed E-state index contributed by atoms with van der Waals surface area (Å²) in [6.07, 6.45) is 0. The highest BCUT2D eigenvalue weighted by molar-refractivity contribution is 6.01. The Hall–Kier alpha value is -1.38. The van der Waals surface area contributed by atoms with Gasteiger partial charge in [-0.2, -0.15) is 0 Å². The SMILES string of the molecule is CC1COc2cc(F)ccc2C1=O. The van der Waals surface area contributed by atoms with Crippen molar-refractivity contribution < 1.29 is 13.9 Å². The number of fused-ring (bicyclic) bond motifs is 1. The van der Waals surface area contributed by atoms with Gasteiger partial charge in [0.05, 0.1) is 18.1 Å². The third kappa shape index (κ3) is 1.30. The molecule has 0 saturated carbocycles. The molecule has 1 unspecified atom stereocenters. The topological polar surface area (TPSA) is 26.3 Å². The zero-order chi connectivity index (χ0) is 9.42. The molecule has 1 heterocycles. The van der Waals surface area contributed by atoms with Crippen LogP contribution < -0.4 is 4.74 Å². The lowest BCUT2D eigenvalue weighted by Crippen LogP contribution is -2.25. The molecule has 0 aromatic heterocycles. The third-order valence-electron chi connectivity index (χ3n) is 2.15. The van der Waals surface area contributed by atoms with Gasteiger partial charge in [-0.3, -0.25) is 4.79 Å². The first-order chi connectivity index (χ1) is 6.18. The van der Waals surface area contributed by atoms with Crippen LogP contribution in [0.1, 0.15) is 17.3 Å². The van der Waals surface area contributed by atoms with E-state index in [1.54, 1.807) is 6.92 Å². The smallest absolute Gasteiger partial charge is 0.172 e. The normalized spacial score (nSPS) is 20.8. The predicted octanol–water partition coefficient (Wildman–Crippen LogP) is 2.04. The van der Waals surface area contributed by atoms with Gasteiger partial charge in [-0.1, -0.05) is 6.92 Å². The molecule has 0 aliphatic carbocycles. The van der Waals surface area contributed by atoms with E-state index in [2.05, 4.69) is 0 Å². The molecule has 0 bridgehead atoms. The summed E-state index contributed by atoms with van der Waals surface area (Å²) in [6, 6.07) is 4.00. The van der Waals surface area contributed by atoms with E-state index in [0.29, 0.717) is 17.9 Å². The van der Waals surface area contributed by atoms with Gasteiger partial charge < -0.3 is 4.74 Å². The van der Waals surface area contributed by atoms with Crippen molar-refractivity contribution in [3.63, 3.8) is 0 Å². The van der Waals surface area contributed by atoms with E-state index in [-0.39, 0.29) is 17.5 Å². The van der Waals surface area contributed by atoms with E-state index >= 15 is 0 Å². The minimum atomic E-state index is -0.374. The second-order valence-corrected chi connectivity index (χ2v) is 3.22. The summed E-state index contributed by atoms with van der Waals surface area (Å²) >= 11 is 0. The van der Waals surface area contributed by atoms with Crippen LogP contribution in [-0.4, -0.2) is 12.4 Å². The highest BCUT2D eigenvalue weighted by atomic mass is 19.1. The van der Waals surface area contributed by atoms with Gasteiger partial charge in [0.1, 0.15) is 11.6 Å². The lowest BCUT2D eigenvalue weighted by molar-refractivity contribution is 0.0848.